The van der Waals surface area contributed by atoms with Crippen LogP contribution in [0.2, 0.25) is 0 Å². The second-order valence-electron chi connectivity index (χ2n) is 6.80. The minimum Gasteiger partial charge on any atom is -0.481 e. The van der Waals surface area contributed by atoms with E-state index in [1.165, 1.54) is 83.5 Å². The van der Waals surface area contributed by atoms with E-state index in [4.69, 9.17) is 5.11 Å². The van der Waals surface area contributed by atoms with Crippen molar-refractivity contribution in [2.24, 2.45) is 0 Å². The molecule has 0 saturated heterocycles. The number of hydrogen-bond acceptors (Lipinski definition) is 2. The van der Waals surface area contributed by atoms with E-state index in [1.807, 2.05) is 7.05 Å². The highest BCUT2D eigenvalue weighted by Gasteiger charge is 1.97. The average Bonchev–Trinajstić information content (AvgIpc) is 2.58. The molecule has 0 aromatic rings. The molecular weight excluding hydrogens is 298 g/mol. The summed E-state index contributed by atoms with van der Waals surface area (Å²) in [6, 6.07) is 0. The van der Waals surface area contributed by atoms with Crippen molar-refractivity contribution < 1.29 is 9.90 Å². The van der Waals surface area contributed by atoms with Gasteiger partial charge in [0.2, 0.25) is 0 Å². The summed E-state index contributed by atoms with van der Waals surface area (Å²) in [6.07, 6.45) is 20.2. The first-order valence-electron chi connectivity index (χ1n) is 10.5. The lowest BCUT2D eigenvalue weighted by Crippen LogP contribution is -2.01. The number of carboxylic acids is 1. The maximum absolute atomic E-state index is 10.3. The third-order valence-electron chi connectivity index (χ3n) is 4.35. The monoisotopic (exact) mass is 343 g/mol. The molecule has 0 unspecified atom stereocenters. The van der Waals surface area contributed by atoms with E-state index < -0.39 is 5.97 Å². The van der Waals surface area contributed by atoms with Crippen LogP contribution in [-0.4, -0.2) is 24.7 Å². The van der Waals surface area contributed by atoms with Crippen molar-refractivity contribution in [2.45, 2.75) is 117 Å². The Hall–Kier alpha value is -0.570. The van der Waals surface area contributed by atoms with E-state index in [0.29, 0.717) is 6.42 Å². The zero-order chi connectivity index (χ0) is 18.3. The molecule has 0 aromatic carbocycles. The lowest BCUT2D eigenvalue weighted by Gasteiger charge is -2.03. The summed E-state index contributed by atoms with van der Waals surface area (Å²) in [6.45, 7) is 5.41. The first-order valence-corrected chi connectivity index (χ1v) is 10.5. The molecule has 0 amide bonds. The summed E-state index contributed by atoms with van der Waals surface area (Å²) >= 11 is 0. The third-order valence-corrected chi connectivity index (χ3v) is 4.35. The van der Waals surface area contributed by atoms with Crippen LogP contribution in [0.4, 0.5) is 0 Å². The van der Waals surface area contributed by atoms with Crippen LogP contribution in [0.1, 0.15) is 117 Å². The molecule has 0 rings (SSSR count). The molecule has 0 atom stereocenters. The second-order valence-corrected chi connectivity index (χ2v) is 6.80. The summed E-state index contributed by atoms with van der Waals surface area (Å²) in [5, 5.41) is 11.4. The molecule has 24 heavy (non-hydrogen) atoms. The molecule has 0 aliphatic rings. The Kier molecular flexibility index (Phi) is 26.4. The zero-order valence-corrected chi connectivity index (χ0v) is 16.9. The van der Waals surface area contributed by atoms with E-state index in [2.05, 4.69) is 19.2 Å². The Morgan fingerprint density at radius 2 is 0.958 bits per heavy atom. The van der Waals surface area contributed by atoms with E-state index in [9.17, 15) is 4.79 Å². The molecule has 0 fully saturated rings. The number of nitrogens with one attached hydrogen (secondary N) is 1. The Morgan fingerprint density at radius 3 is 1.21 bits per heavy atom. The van der Waals surface area contributed by atoms with Gasteiger partial charge in [-0.2, -0.15) is 0 Å². The fourth-order valence-electron chi connectivity index (χ4n) is 2.65. The van der Waals surface area contributed by atoms with Gasteiger partial charge in [0.25, 0.3) is 0 Å². The van der Waals surface area contributed by atoms with Crippen LogP contribution in [0, 0.1) is 0 Å². The highest BCUT2D eigenvalue weighted by molar-refractivity contribution is 5.66. The molecule has 0 aromatic heterocycles. The number of unbranched alkanes of at least 4 members (excludes halogenated alkanes) is 14. The quantitative estimate of drug-likeness (QED) is 0.294. The Balaban J connectivity index is 0. The van der Waals surface area contributed by atoms with Gasteiger partial charge in [-0.1, -0.05) is 104 Å². The maximum Gasteiger partial charge on any atom is 0.303 e. The largest absolute Gasteiger partial charge is 0.481 e. The minimum atomic E-state index is -0.653. The zero-order valence-electron chi connectivity index (χ0n) is 16.9. The molecule has 0 aliphatic heterocycles. The molecule has 3 nitrogen and oxygen atoms in total. The SMILES string of the molecule is CCCCCCCCCCCCCCCCCC(=O)O.CCNC. The smallest absolute Gasteiger partial charge is 0.303 e. The number of rotatable bonds is 17. The van der Waals surface area contributed by atoms with Crippen LogP contribution in [0.15, 0.2) is 0 Å². The molecule has 0 spiro atoms. The van der Waals surface area contributed by atoms with Gasteiger partial charge in [-0.15, -0.1) is 0 Å². The summed E-state index contributed by atoms with van der Waals surface area (Å²) in [5.41, 5.74) is 0. The Labute approximate surface area is 152 Å². The number of aliphatic carboxylic acids is 1. The molecular formula is C21H45NO2. The molecule has 0 aliphatic carbocycles. The molecule has 0 heterocycles. The topological polar surface area (TPSA) is 49.3 Å². The normalized spacial score (nSPS) is 10.3. The van der Waals surface area contributed by atoms with Crippen LogP contribution in [-0.2, 0) is 4.79 Å². The van der Waals surface area contributed by atoms with E-state index in [0.717, 1.165) is 19.4 Å². The molecule has 0 radical (unpaired) electrons. The number of carboxylic acid groups (broad SMARTS) is 1. The highest BCUT2D eigenvalue weighted by Crippen LogP contribution is 2.13. The van der Waals surface area contributed by atoms with Crippen LogP contribution in [0.5, 0.6) is 0 Å². The van der Waals surface area contributed by atoms with Crippen LogP contribution >= 0.6 is 0 Å². The summed E-state index contributed by atoms with van der Waals surface area (Å²) in [7, 11) is 1.93. The summed E-state index contributed by atoms with van der Waals surface area (Å²) in [5.74, 6) is -0.653. The molecule has 3 heteroatoms. The van der Waals surface area contributed by atoms with Crippen LogP contribution in [0.25, 0.3) is 0 Å². The molecule has 0 saturated carbocycles. The van der Waals surface area contributed by atoms with Gasteiger partial charge in [0.15, 0.2) is 0 Å². The van der Waals surface area contributed by atoms with Crippen molar-refractivity contribution in [3.05, 3.63) is 0 Å². The van der Waals surface area contributed by atoms with Gasteiger partial charge in [0, 0.05) is 6.42 Å². The van der Waals surface area contributed by atoms with Crippen molar-refractivity contribution >= 4 is 5.97 Å². The predicted molar refractivity (Wildman–Crippen MR) is 107 cm³/mol. The lowest BCUT2D eigenvalue weighted by atomic mass is 10.0. The summed E-state index contributed by atoms with van der Waals surface area (Å²) < 4.78 is 0. The highest BCUT2D eigenvalue weighted by atomic mass is 16.4. The van der Waals surface area contributed by atoms with E-state index >= 15 is 0 Å². The maximum atomic E-state index is 10.3. The van der Waals surface area contributed by atoms with E-state index in [1.54, 1.807) is 0 Å². The van der Waals surface area contributed by atoms with Crippen molar-refractivity contribution in [2.75, 3.05) is 13.6 Å². The molecule has 146 valence electrons. The Morgan fingerprint density at radius 1 is 0.667 bits per heavy atom. The number of carbonyl (C=O) groups is 1. The van der Waals surface area contributed by atoms with Gasteiger partial charge in [-0.3, -0.25) is 4.79 Å². The molecule has 0 bridgehead atoms. The predicted octanol–water partition coefficient (Wildman–Crippen LogP) is 6.56. The molecule has 2 N–H and O–H groups in total. The fraction of sp³-hybridized carbons (Fsp3) is 0.952. The summed E-state index contributed by atoms with van der Waals surface area (Å²) in [4.78, 5) is 10.3. The Bertz CT molecular complexity index is 230. The van der Waals surface area contributed by atoms with Gasteiger partial charge < -0.3 is 10.4 Å². The van der Waals surface area contributed by atoms with Crippen molar-refractivity contribution in [3.8, 4) is 0 Å². The van der Waals surface area contributed by atoms with Crippen LogP contribution < -0.4 is 5.32 Å². The third kappa shape index (κ3) is 29.4. The second kappa shape index (κ2) is 24.7. The first kappa shape index (κ1) is 25.7. The van der Waals surface area contributed by atoms with Crippen LogP contribution in [0.3, 0.4) is 0 Å². The van der Waals surface area contributed by atoms with E-state index in [-0.39, 0.29) is 0 Å². The van der Waals surface area contributed by atoms with Crippen molar-refractivity contribution in [3.63, 3.8) is 0 Å². The standard InChI is InChI=1S/C18H36O2.C3H9N/c1-2-3-4-5-6-7-8-9-10-11-12-13-14-15-16-17-18(19)20;1-3-4-2/h2-17H2,1H3,(H,19,20);4H,3H2,1-2H3. The van der Waals surface area contributed by atoms with Gasteiger partial charge in [-0.25, -0.2) is 0 Å². The van der Waals surface area contributed by atoms with Gasteiger partial charge in [0.1, 0.15) is 0 Å². The number of hydrogen-bond donors (Lipinski definition) is 2. The first-order chi connectivity index (χ1) is 11.7. The fourth-order valence-corrected chi connectivity index (χ4v) is 2.65. The minimum absolute atomic E-state index is 0.345. The van der Waals surface area contributed by atoms with Gasteiger partial charge in [0.05, 0.1) is 0 Å². The van der Waals surface area contributed by atoms with Crippen molar-refractivity contribution in [1.29, 1.82) is 0 Å². The lowest BCUT2D eigenvalue weighted by molar-refractivity contribution is -0.137. The van der Waals surface area contributed by atoms with Crippen molar-refractivity contribution in [1.82, 2.24) is 5.32 Å². The average molecular weight is 344 g/mol. The van der Waals surface area contributed by atoms with Gasteiger partial charge >= 0.3 is 5.97 Å². The van der Waals surface area contributed by atoms with Gasteiger partial charge in [-0.05, 0) is 20.0 Å².